The van der Waals surface area contributed by atoms with Gasteiger partial charge in [0.15, 0.2) is 0 Å². The van der Waals surface area contributed by atoms with Crippen LogP contribution in [0.5, 0.6) is 0 Å². The number of aromatic nitrogens is 1. The Morgan fingerprint density at radius 1 is 1.21 bits per heavy atom. The zero-order valence-electron chi connectivity index (χ0n) is 16.6. The first-order valence-corrected chi connectivity index (χ1v) is 11.3. The summed E-state index contributed by atoms with van der Waals surface area (Å²) in [5, 5.41) is 9.23. The third-order valence-corrected chi connectivity index (χ3v) is 6.74. The quantitative estimate of drug-likeness (QED) is 0.516. The Hall–Kier alpha value is -1.45. The van der Waals surface area contributed by atoms with Crippen molar-refractivity contribution in [2.75, 3.05) is 6.54 Å². The minimum Gasteiger partial charge on any atom is -0.480 e. The first kappa shape index (κ1) is 22.8. The van der Waals surface area contributed by atoms with Crippen LogP contribution in [0.15, 0.2) is 4.79 Å². The Kier molecular flexibility index (Phi) is 7.64. The van der Waals surface area contributed by atoms with Crippen molar-refractivity contribution in [2.45, 2.75) is 59.9 Å². The molecule has 1 aliphatic heterocycles. The van der Waals surface area contributed by atoms with Crippen LogP contribution in [0.4, 0.5) is 0 Å². The minimum atomic E-state index is -1.13. The molecule has 0 atom stereocenters. The summed E-state index contributed by atoms with van der Waals surface area (Å²) in [5.74, 6) is -1.37. The van der Waals surface area contributed by atoms with Crippen LogP contribution in [0.1, 0.15) is 53.4 Å². The van der Waals surface area contributed by atoms with Gasteiger partial charge in [0.2, 0.25) is 0 Å². The fourth-order valence-corrected chi connectivity index (χ4v) is 5.56. The van der Waals surface area contributed by atoms with Crippen molar-refractivity contribution in [3.05, 3.63) is 19.5 Å². The van der Waals surface area contributed by atoms with Crippen LogP contribution in [0.2, 0.25) is 0 Å². The Labute approximate surface area is 177 Å². The number of thioether (sulfide) groups is 1. The highest BCUT2D eigenvalue weighted by Gasteiger charge is 2.33. The molecule has 0 aromatic carbocycles. The SMILES string of the molecule is CCCCCCN1C(=O)/C(=c2/s/c(=C\C(C)(C)C)c(=O)n2CC(=O)O)SC1=S. The largest absolute Gasteiger partial charge is 0.480 e. The van der Waals surface area contributed by atoms with Gasteiger partial charge < -0.3 is 5.11 Å². The molecule has 9 heteroatoms. The second-order valence-corrected chi connectivity index (χ2v) is 10.5. The average Bonchev–Trinajstić information content (AvgIpc) is 3.01. The molecule has 2 rings (SSSR count). The molecular formula is C19H26N2O4S3. The molecule has 1 fully saturated rings. The van der Waals surface area contributed by atoms with Crippen LogP contribution >= 0.6 is 35.3 Å². The molecule has 1 aromatic heterocycles. The van der Waals surface area contributed by atoms with Crippen molar-refractivity contribution in [3.8, 4) is 0 Å². The summed E-state index contributed by atoms with van der Waals surface area (Å²) >= 11 is 7.68. The zero-order valence-corrected chi connectivity index (χ0v) is 19.1. The van der Waals surface area contributed by atoms with E-state index in [2.05, 4.69) is 6.92 Å². The van der Waals surface area contributed by atoms with Crippen molar-refractivity contribution in [1.82, 2.24) is 9.47 Å². The average molecular weight is 443 g/mol. The molecular weight excluding hydrogens is 416 g/mol. The summed E-state index contributed by atoms with van der Waals surface area (Å²) in [4.78, 5) is 38.9. The molecule has 0 saturated carbocycles. The second kappa shape index (κ2) is 9.37. The Bertz CT molecular complexity index is 953. The molecule has 0 bridgehead atoms. The number of unbranched alkanes of at least 4 members (excludes halogenated alkanes) is 3. The van der Waals surface area contributed by atoms with Crippen LogP contribution in [0.3, 0.4) is 0 Å². The number of hydrogen-bond donors (Lipinski definition) is 1. The molecule has 154 valence electrons. The number of carboxylic acids is 1. The number of carboxylic acid groups (broad SMARTS) is 1. The van der Waals surface area contributed by atoms with E-state index in [-0.39, 0.29) is 16.9 Å². The zero-order chi connectivity index (χ0) is 21.1. The molecule has 0 aliphatic carbocycles. The molecule has 1 aliphatic rings. The first-order chi connectivity index (χ1) is 13.0. The van der Waals surface area contributed by atoms with Gasteiger partial charge in [0.25, 0.3) is 11.5 Å². The molecule has 6 nitrogen and oxygen atoms in total. The molecule has 2 heterocycles. The summed E-state index contributed by atoms with van der Waals surface area (Å²) in [6.07, 6.45) is 5.91. The number of hydrogen-bond acceptors (Lipinski definition) is 6. The molecule has 1 saturated heterocycles. The van der Waals surface area contributed by atoms with Gasteiger partial charge in [0, 0.05) is 6.54 Å². The van der Waals surface area contributed by atoms with Gasteiger partial charge in [0.05, 0.1) is 4.53 Å². The standard InChI is InChI=1S/C19H26N2O4S3/c1-5-6-7-8-9-20-16(25)14(28-18(20)26)17-21(11-13(22)23)15(24)12(27-17)10-19(2,3)4/h10H,5-9,11H2,1-4H3,(H,22,23)/b12-10-,17-14-. The molecule has 0 unspecified atom stereocenters. The number of carbonyl (C=O) groups excluding carboxylic acids is 1. The van der Waals surface area contributed by atoms with E-state index in [1.165, 1.54) is 4.57 Å². The highest BCUT2D eigenvalue weighted by molar-refractivity contribution is 8.30. The number of thiazole rings is 1. The van der Waals surface area contributed by atoms with E-state index >= 15 is 0 Å². The van der Waals surface area contributed by atoms with Gasteiger partial charge in [-0.05, 0) is 11.8 Å². The van der Waals surface area contributed by atoms with E-state index in [0.29, 0.717) is 25.0 Å². The van der Waals surface area contributed by atoms with Crippen LogP contribution in [0, 0.1) is 5.41 Å². The summed E-state index contributed by atoms with van der Waals surface area (Å²) in [6.45, 7) is 8.07. The molecule has 1 N–H and O–H groups in total. The van der Waals surface area contributed by atoms with Gasteiger partial charge in [-0.3, -0.25) is 23.9 Å². The monoisotopic (exact) mass is 442 g/mol. The van der Waals surface area contributed by atoms with Gasteiger partial charge in [-0.2, -0.15) is 0 Å². The van der Waals surface area contributed by atoms with E-state index in [1.807, 2.05) is 26.8 Å². The van der Waals surface area contributed by atoms with Crippen molar-refractivity contribution in [2.24, 2.45) is 5.41 Å². The van der Waals surface area contributed by atoms with Gasteiger partial charge in [-0.25, -0.2) is 0 Å². The summed E-state index contributed by atoms with van der Waals surface area (Å²) < 4.78 is 2.45. The molecule has 0 spiro atoms. The van der Waals surface area contributed by atoms with Crippen LogP contribution in [0.25, 0.3) is 11.0 Å². The minimum absolute atomic E-state index is 0.241. The lowest BCUT2D eigenvalue weighted by molar-refractivity contribution is -0.137. The van der Waals surface area contributed by atoms with Gasteiger partial charge >= 0.3 is 5.97 Å². The van der Waals surface area contributed by atoms with Gasteiger partial charge in [0.1, 0.15) is 20.4 Å². The first-order valence-electron chi connectivity index (χ1n) is 9.27. The van der Waals surface area contributed by atoms with E-state index in [0.717, 1.165) is 48.8 Å². The third kappa shape index (κ3) is 5.55. The number of rotatable bonds is 7. The van der Waals surface area contributed by atoms with Crippen LogP contribution in [-0.4, -0.2) is 37.3 Å². The van der Waals surface area contributed by atoms with Gasteiger partial charge in [-0.1, -0.05) is 77.0 Å². The Morgan fingerprint density at radius 2 is 1.89 bits per heavy atom. The number of amides is 1. The molecule has 28 heavy (non-hydrogen) atoms. The van der Waals surface area contributed by atoms with E-state index in [1.54, 1.807) is 4.90 Å². The normalized spacial score (nSPS) is 17.7. The van der Waals surface area contributed by atoms with Crippen molar-refractivity contribution < 1.29 is 14.7 Å². The van der Waals surface area contributed by atoms with Crippen LogP contribution in [-0.2, 0) is 16.1 Å². The van der Waals surface area contributed by atoms with E-state index < -0.39 is 12.5 Å². The summed E-state index contributed by atoms with van der Waals surface area (Å²) in [6, 6.07) is 0. The maximum absolute atomic E-state index is 12.9. The van der Waals surface area contributed by atoms with Gasteiger partial charge in [-0.15, -0.1) is 11.3 Å². The lowest BCUT2D eigenvalue weighted by Gasteiger charge is -2.13. The topological polar surface area (TPSA) is 79.6 Å². The summed E-state index contributed by atoms with van der Waals surface area (Å²) in [7, 11) is 0. The Balaban J connectivity index is 2.54. The van der Waals surface area contributed by atoms with Crippen LogP contribution < -0.4 is 14.8 Å². The van der Waals surface area contributed by atoms with E-state index in [9.17, 15) is 19.5 Å². The van der Waals surface area contributed by atoms with Crippen molar-refractivity contribution in [1.29, 1.82) is 0 Å². The smallest absolute Gasteiger partial charge is 0.323 e. The summed E-state index contributed by atoms with van der Waals surface area (Å²) in [5.41, 5.74) is -0.633. The van der Waals surface area contributed by atoms with Crippen molar-refractivity contribution >= 4 is 62.5 Å². The Morgan fingerprint density at radius 3 is 2.46 bits per heavy atom. The molecule has 1 amide bonds. The predicted octanol–water partition coefficient (Wildman–Crippen LogP) is 2.37. The lowest BCUT2D eigenvalue weighted by atomic mass is 9.97. The number of thiocarbonyl (C=S) groups is 1. The number of carbonyl (C=O) groups is 2. The highest BCUT2D eigenvalue weighted by atomic mass is 32.2. The second-order valence-electron chi connectivity index (χ2n) is 7.78. The number of nitrogens with zero attached hydrogens (tertiary/aromatic N) is 2. The third-order valence-electron chi connectivity index (χ3n) is 4.04. The van der Waals surface area contributed by atoms with E-state index in [4.69, 9.17) is 12.2 Å². The fourth-order valence-electron chi connectivity index (χ4n) is 2.78. The highest BCUT2D eigenvalue weighted by Crippen LogP contribution is 2.31. The maximum Gasteiger partial charge on any atom is 0.323 e. The molecule has 0 radical (unpaired) electrons. The maximum atomic E-state index is 12.9. The predicted molar refractivity (Wildman–Crippen MR) is 119 cm³/mol. The number of aliphatic carboxylic acids is 1. The van der Waals surface area contributed by atoms with Crippen molar-refractivity contribution in [3.63, 3.8) is 0 Å². The lowest BCUT2D eigenvalue weighted by Crippen LogP contribution is -2.36. The fraction of sp³-hybridized carbons (Fsp3) is 0.579. The molecule has 1 aromatic rings.